The van der Waals surface area contributed by atoms with Crippen molar-refractivity contribution in [1.82, 2.24) is 14.4 Å². The Balaban J connectivity index is 1.76. The molecular weight excluding hydrogens is 492 g/mol. The molecule has 1 aliphatic rings. The summed E-state index contributed by atoms with van der Waals surface area (Å²) in [6.45, 7) is 6.79. The third kappa shape index (κ3) is 3.80. The molecule has 0 spiro atoms. The number of ether oxygens (including phenoxy) is 1. The van der Waals surface area contributed by atoms with E-state index in [-0.39, 0.29) is 27.9 Å². The summed E-state index contributed by atoms with van der Waals surface area (Å²) in [6, 6.07) is 9.66. The lowest BCUT2D eigenvalue weighted by atomic mass is 9.96. The van der Waals surface area contributed by atoms with Crippen molar-refractivity contribution < 1.29 is 24.2 Å². The average molecular weight is 517 g/mol. The number of aliphatic hydroxyl groups excluding tert-OH is 1. The highest BCUT2D eigenvalue weighted by atomic mass is 32.1. The van der Waals surface area contributed by atoms with Gasteiger partial charge in [-0.3, -0.25) is 19.3 Å². The molecule has 0 bridgehead atoms. The standard InChI is InChI=1S/C27H24N4O5S/c1-13-7-6-12-30-15(3)20(29-25(13)30)22(33)19-21(17-8-10-18(36-5)11-9-17)31(26(35)23(19)34)27-28-14(2)24(37-27)16(4)32/h6-12,21,33H,1-5H3. The lowest BCUT2D eigenvalue weighted by molar-refractivity contribution is -0.132. The van der Waals surface area contributed by atoms with Crippen LogP contribution in [0.15, 0.2) is 48.2 Å². The van der Waals surface area contributed by atoms with Gasteiger partial charge in [0.05, 0.1) is 35.0 Å². The van der Waals surface area contributed by atoms with E-state index in [1.807, 2.05) is 29.7 Å². The van der Waals surface area contributed by atoms with Crippen LogP contribution >= 0.6 is 11.3 Å². The second-order valence-corrected chi connectivity index (χ2v) is 9.82. The maximum absolute atomic E-state index is 13.5. The highest BCUT2D eigenvalue weighted by Gasteiger charge is 2.48. The van der Waals surface area contributed by atoms with Gasteiger partial charge in [-0.2, -0.15) is 0 Å². The number of carbonyl (C=O) groups is 3. The van der Waals surface area contributed by atoms with Crippen molar-refractivity contribution in [2.75, 3.05) is 12.0 Å². The Labute approximate surface area is 216 Å². The van der Waals surface area contributed by atoms with E-state index >= 15 is 0 Å². The second kappa shape index (κ2) is 8.97. The van der Waals surface area contributed by atoms with Crippen LogP contribution in [0.5, 0.6) is 5.75 Å². The fourth-order valence-corrected chi connectivity index (χ4v) is 5.61. The average Bonchev–Trinajstić information content (AvgIpc) is 3.51. The van der Waals surface area contributed by atoms with Crippen LogP contribution in [-0.4, -0.2) is 44.1 Å². The number of amides is 1. The Morgan fingerprint density at radius 2 is 1.78 bits per heavy atom. The smallest absolute Gasteiger partial charge is 0.301 e. The topological polar surface area (TPSA) is 114 Å². The van der Waals surface area contributed by atoms with E-state index < -0.39 is 17.7 Å². The minimum Gasteiger partial charge on any atom is -0.505 e. The van der Waals surface area contributed by atoms with Gasteiger partial charge in [0.2, 0.25) is 0 Å². The number of hydrogen-bond acceptors (Lipinski definition) is 8. The number of thiazole rings is 1. The molecule has 4 aromatic rings. The first-order chi connectivity index (χ1) is 17.6. The number of carbonyl (C=O) groups excluding carboxylic acids is 3. The van der Waals surface area contributed by atoms with Crippen molar-refractivity contribution in [3.8, 4) is 5.75 Å². The Kier molecular flexibility index (Phi) is 5.91. The normalized spacial score (nSPS) is 17.1. The summed E-state index contributed by atoms with van der Waals surface area (Å²) in [5.74, 6) is -1.67. The van der Waals surface area contributed by atoms with Crippen LogP contribution in [0.3, 0.4) is 0 Å². The summed E-state index contributed by atoms with van der Waals surface area (Å²) in [5.41, 5.74) is 3.30. The zero-order chi connectivity index (χ0) is 26.6. The van der Waals surface area contributed by atoms with E-state index in [4.69, 9.17) is 4.74 Å². The molecule has 1 aromatic carbocycles. The van der Waals surface area contributed by atoms with Crippen LogP contribution in [-0.2, 0) is 9.59 Å². The van der Waals surface area contributed by atoms with Crippen LogP contribution in [0.25, 0.3) is 11.4 Å². The van der Waals surface area contributed by atoms with Gasteiger partial charge in [0.15, 0.2) is 16.7 Å². The number of methoxy groups -OCH3 is 1. The zero-order valence-electron chi connectivity index (χ0n) is 20.9. The summed E-state index contributed by atoms with van der Waals surface area (Å²) in [7, 11) is 1.54. The number of ketones is 2. The summed E-state index contributed by atoms with van der Waals surface area (Å²) in [6.07, 6.45) is 1.82. The highest BCUT2D eigenvalue weighted by Crippen LogP contribution is 2.44. The minimum atomic E-state index is -0.985. The number of aryl methyl sites for hydroxylation is 3. The molecule has 9 nitrogen and oxygen atoms in total. The summed E-state index contributed by atoms with van der Waals surface area (Å²) < 4.78 is 7.09. The molecule has 5 rings (SSSR count). The van der Waals surface area contributed by atoms with Crippen LogP contribution in [0.4, 0.5) is 5.13 Å². The molecule has 1 amide bonds. The van der Waals surface area contributed by atoms with E-state index in [1.54, 1.807) is 38.1 Å². The number of aliphatic hydroxyl groups is 1. The Morgan fingerprint density at radius 3 is 2.38 bits per heavy atom. The first-order valence-electron chi connectivity index (χ1n) is 11.5. The molecule has 3 aromatic heterocycles. The number of pyridine rings is 1. The molecule has 1 saturated heterocycles. The number of anilines is 1. The van der Waals surface area contributed by atoms with E-state index in [0.29, 0.717) is 33.2 Å². The number of fused-ring (bicyclic) bond motifs is 1. The molecule has 10 heteroatoms. The molecule has 1 unspecified atom stereocenters. The Hall–Kier alpha value is -4.31. The third-order valence-electron chi connectivity index (χ3n) is 6.50. The lowest BCUT2D eigenvalue weighted by Gasteiger charge is -2.23. The number of benzene rings is 1. The predicted molar refractivity (Wildman–Crippen MR) is 139 cm³/mol. The van der Waals surface area contributed by atoms with Crippen molar-refractivity contribution in [3.05, 3.63) is 81.3 Å². The van der Waals surface area contributed by atoms with Crippen LogP contribution < -0.4 is 9.64 Å². The first kappa shape index (κ1) is 24.4. The fraction of sp³-hybridized carbons (Fsp3) is 0.222. The summed E-state index contributed by atoms with van der Waals surface area (Å²) in [4.78, 5) is 49.7. The SMILES string of the molecule is COc1ccc(C2C(=C(O)c3nc4c(C)cccn4c3C)C(=O)C(=O)N2c2nc(C)c(C(C)=O)s2)cc1. The predicted octanol–water partition coefficient (Wildman–Crippen LogP) is 4.55. The van der Waals surface area contributed by atoms with Gasteiger partial charge in [0.25, 0.3) is 5.78 Å². The third-order valence-corrected chi connectivity index (χ3v) is 7.75. The van der Waals surface area contributed by atoms with Gasteiger partial charge in [-0.15, -0.1) is 0 Å². The summed E-state index contributed by atoms with van der Waals surface area (Å²) >= 11 is 1.04. The Bertz CT molecular complexity index is 1630. The van der Waals surface area contributed by atoms with E-state index in [1.165, 1.54) is 18.9 Å². The molecule has 1 aliphatic heterocycles. The van der Waals surface area contributed by atoms with Gasteiger partial charge in [0, 0.05) is 13.1 Å². The van der Waals surface area contributed by atoms with Crippen LogP contribution in [0.1, 0.15) is 50.8 Å². The number of hydrogen-bond donors (Lipinski definition) is 1. The lowest BCUT2D eigenvalue weighted by Crippen LogP contribution is -2.29. The quantitative estimate of drug-likeness (QED) is 0.179. The molecule has 4 heterocycles. The van der Waals surface area contributed by atoms with Crippen molar-refractivity contribution in [1.29, 1.82) is 0 Å². The molecular formula is C27H24N4O5S. The molecule has 0 aliphatic carbocycles. The molecule has 1 atom stereocenters. The minimum absolute atomic E-state index is 0.100. The van der Waals surface area contributed by atoms with Gasteiger partial charge in [-0.25, -0.2) is 9.97 Å². The van der Waals surface area contributed by atoms with E-state index in [2.05, 4.69) is 9.97 Å². The van der Waals surface area contributed by atoms with Crippen LogP contribution in [0, 0.1) is 20.8 Å². The number of Topliss-reactive ketones (excluding diaryl/α,β-unsaturated/α-hetero) is 2. The second-order valence-electron chi connectivity index (χ2n) is 8.84. The molecule has 1 N–H and O–H groups in total. The molecule has 1 fully saturated rings. The highest BCUT2D eigenvalue weighted by molar-refractivity contribution is 7.18. The van der Waals surface area contributed by atoms with E-state index in [0.717, 1.165) is 16.9 Å². The van der Waals surface area contributed by atoms with Gasteiger partial charge < -0.3 is 14.2 Å². The monoisotopic (exact) mass is 516 g/mol. The van der Waals surface area contributed by atoms with Gasteiger partial charge in [-0.1, -0.05) is 29.5 Å². The largest absolute Gasteiger partial charge is 0.505 e. The molecule has 0 saturated carbocycles. The summed E-state index contributed by atoms with van der Waals surface area (Å²) in [5, 5.41) is 11.7. The molecule has 0 radical (unpaired) electrons. The molecule has 188 valence electrons. The first-order valence-corrected chi connectivity index (χ1v) is 12.3. The van der Waals surface area contributed by atoms with Crippen molar-refractivity contribution >= 4 is 45.3 Å². The fourth-order valence-electron chi connectivity index (χ4n) is 4.62. The van der Waals surface area contributed by atoms with Gasteiger partial charge in [0.1, 0.15) is 17.1 Å². The van der Waals surface area contributed by atoms with E-state index in [9.17, 15) is 19.5 Å². The number of imidazole rings is 1. The van der Waals surface area contributed by atoms with Gasteiger partial charge >= 0.3 is 5.91 Å². The number of rotatable bonds is 5. The number of nitrogens with zero attached hydrogens (tertiary/aromatic N) is 4. The molecule has 37 heavy (non-hydrogen) atoms. The Morgan fingerprint density at radius 1 is 1.08 bits per heavy atom. The van der Waals surface area contributed by atoms with Crippen molar-refractivity contribution in [2.45, 2.75) is 33.7 Å². The number of aromatic nitrogens is 3. The van der Waals surface area contributed by atoms with Crippen LogP contribution in [0.2, 0.25) is 0 Å². The maximum atomic E-state index is 13.5. The van der Waals surface area contributed by atoms with Crippen molar-refractivity contribution in [3.63, 3.8) is 0 Å². The maximum Gasteiger partial charge on any atom is 0.301 e. The van der Waals surface area contributed by atoms with Gasteiger partial charge in [-0.05, 0) is 50.1 Å². The van der Waals surface area contributed by atoms with Crippen molar-refractivity contribution in [2.24, 2.45) is 0 Å². The zero-order valence-corrected chi connectivity index (χ0v) is 21.7.